The molecule has 1 N–H and O–H groups in total. The normalized spacial score (nSPS) is 18.7. The van der Waals surface area contributed by atoms with Crippen LogP contribution in [0, 0.1) is 5.92 Å². The van der Waals surface area contributed by atoms with Gasteiger partial charge in [-0.1, -0.05) is 19.1 Å². The number of anilines is 1. The molecule has 0 radical (unpaired) electrons. The summed E-state index contributed by atoms with van der Waals surface area (Å²) in [6, 6.07) is 11.4. The number of likely N-dealkylation sites (tertiary alicyclic amines) is 1. The molecular formula is C23H29N3O3. The second kappa shape index (κ2) is 8.72. The molecule has 6 nitrogen and oxygen atoms in total. The molecule has 2 saturated heterocycles. The summed E-state index contributed by atoms with van der Waals surface area (Å²) in [6.45, 7) is 5.56. The number of hydrogen-bond acceptors (Lipinski definition) is 4. The standard InChI is InChI=1S/C23H29N3O3/c1-17-8-12-26(13-9-17)23(28)19-5-2-3-6-20(19)25-14-10-18(11-15-25)24-22(27)21-7-4-16-29-21/h2-7,16-18H,8-15H2,1H3,(H,24,27). The molecule has 0 spiro atoms. The van der Waals surface area contributed by atoms with Gasteiger partial charge in [-0.2, -0.15) is 0 Å². The van der Waals surface area contributed by atoms with Crippen LogP contribution in [-0.2, 0) is 0 Å². The minimum atomic E-state index is -0.164. The van der Waals surface area contributed by atoms with Crippen molar-refractivity contribution >= 4 is 17.5 Å². The molecule has 0 unspecified atom stereocenters. The average molecular weight is 396 g/mol. The molecule has 2 aromatic rings. The SMILES string of the molecule is CC1CCN(C(=O)c2ccccc2N2CCC(NC(=O)c3ccco3)CC2)CC1. The number of nitrogens with zero attached hydrogens (tertiary/aromatic N) is 2. The Morgan fingerprint density at radius 2 is 1.69 bits per heavy atom. The number of furan rings is 1. The van der Waals surface area contributed by atoms with Crippen molar-refractivity contribution in [3.63, 3.8) is 0 Å². The fraction of sp³-hybridized carbons (Fsp3) is 0.478. The Kier molecular flexibility index (Phi) is 5.88. The number of hydrogen-bond donors (Lipinski definition) is 1. The topological polar surface area (TPSA) is 65.8 Å². The summed E-state index contributed by atoms with van der Waals surface area (Å²) < 4.78 is 5.17. The number of rotatable bonds is 4. The fourth-order valence-electron chi connectivity index (χ4n) is 4.24. The molecular weight excluding hydrogens is 366 g/mol. The van der Waals surface area contributed by atoms with E-state index in [1.165, 1.54) is 6.26 Å². The van der Waals surface area contributed by atoms with E-state index in [-0.39, 0.29) is 17.9 Å². The number of carbonyl (C=O) groups is 2. The third-order valence-corrected chi connectivity index (χ3v) is 6.12. The molecule has 3 heterocycles. The van der Waals surface area contributed by atoms with E-state index in [0.717, 1.165) is 63.1 Å². The zero-order valence-corrected chi connectivity index (χ0v) is 17.0. The zero-order chi connectivity index (χ0) is 20.2. The van der Waals surface area contributed by atoms with Gasteiger partial charge in [-0.15, -0.1) is 0 Å². The quantitative estimate of drug-likeness (QED) is 0.860. The predicted octanol–water partition coefficient (Wildman–Crippen LogP) is 3.55. The molecule has 0 aliphatic carbocycles. The maximum atomic E-state index is 13.1. The van der Waals surface area contributed by atoms with Crippen molar-refractivity contribution in [1.29, 1.82) is 0 Å². The van der Waals surface area contributed by atoms with Gasteiger partial charge in [0, 0.05) is 37.9 Å². The van der Waals surface area contributed by atoms with Crippen molar-refractivity contribution in [2.24, 2.45) is 5.92 Å². The first kappa shape index (κ1) is 19.6. The molecule has 4 rings (SSSR count). The zero-order valence-electron chi connectivity index (χ0n) is 17.0. The van der Waals surface area contributed by atoms with Crippen molar-refractivity contribution in [2.75, 3.05) is 31.1 Å². The van der Waals surface area contributed by atoms with Crippen LogP contribution in [0.25, 0.3) is 0 Å². The first-order chi connectivity index (χ1) is 14.1. The van der Waals surface area contributed by atoms with Crippen LogP contribution in [-0.4, -0.2) is 48.9 Å². The summed E-state index contributed by atoms with van der Waals surface area (Å²) in [7, 11) is 0. The van der Waals surface area contributed by atoms with Crippen LogP contribution in [0.4, 0.5) is 5.69 Å². The van der Waals surface area contributed by atoms with E-state index in [9.17, 15) is 9.59 Å². The van der Waals surface area contributed by atoms with E-state index in [1.807, 2.05) is 29.2 Å². The molecule has 29 heavy (non-hydrogen) atoms. The van der Waals surface area contributed by atoms with Gasteiger partial charge in [0.1, 0.15) is 0 Å². The van der Waals surface area contributed by atoms with E-state index < -0.39 is 0 Å². The van der Waals surface area contributed by atoms with Crippen LogP contribution < -0.4 is 10.2 Å². The molecule has 0 atom stereocenters. The monoisotopic (exact) mass is 395 g/mol. The number of carbonyl (C=O) groups excluding carboxylic acids is 2. The minimum absolute atomic E-state index is 0.121. The highest BCUT2D eigenvalue weighted by Crippen LogP contribution is 2.27. The molecule has 0 saturated carbocycles. The predicted molar refractivity (Wildman–Crippen MR) is 112 cm³/mol. The lowest BCUT2D eigenvalue weighted by atomic mass is 9.98. The number of nitrogens with one attached hydrogen (secondary N) is 1. The highest BCUT2D eigenvalue weighted by Gasteiger charge is 2.27. The highest BCUT2D eigenvalue weighted by atomic mass is 16.3. The van der Waals surface area contributed by atoms with Crippen molar-refractivity contribution in [2.45, 2.75) is 38.6 Å². The minimum Gasteiger partial charge on any atom is -0.459 e. The largest absolute Gasteiger partial charge is 0.459 e. The lowest BCUT2D eigenvalue weighted by molar-refractivity contribution is 0.0697. The van der Waals surface area contributed by atoms with Gasteiger partial charge in [0.2, 0.25) is 0 Å². The average Bonchev–Trinajstić information content (AvgIpc) is 3.30. The molecule has 2 aliphatic heterocycles. The summed E-state index contributed by atoms with van der Waals surface area (Å²) >= 11 is 0. The van der Waals surface area contributed by atoms with Gasteiger partial charge < -0.3 is 19.5 Å². The number of piperidine rings is 2. The first-order valence-corrected chi connectivity index (χ1v) is 10.6. The Labute approximate surface area is 171 Å². The second-order valence-electron chi connectivity index (χ2n) is 8.20. The third kappa shape index (κ3) is 4.47. The van der Waals surface area contributed by atoms with Crippen LogP contribution >= 0.6 is 0 Å². The first-order valence-electron chi connectivity index (χ1n) is 10.6. The second-order valence-corrected chi connectivity index (χ2v) is 8.20. The Balaban J connectivity index is 1.39. The Bertz CT molecular complexity index is 833. The molecule has 154 valence electrons. The van der Waals surface area contributed by atoms with Crippen molar-refractivity contribution < 1.29 is 14.0 Å². The number of amides is 2. The maximum absolute atomic E-state index is 13.1. The van der Waals surface area contributed by atoms with Crippen LogP contribution in [0.15, 0.2) is 47.1 Å². The number of para-hydroxylation sites is 1. The van der Waals surface area contributed by atoms with Crippen molar-refractivity contribution in [3.8, 4) is 0 Å². The molecule has 0 bridgehead atoms. The molecule has 2 amide bonds. The van der Waals surface area contributed by atoms with E-state index >= 15 is 0 Å². The van der Waals surface area contributed by atoms with Crippen LogP contribution in [0.3, 0.4) is 0 Å². The van der Waals surface area contributed by atoms with Gasteiger partial charge >= 0.3 is 0 Å². The van der Waals surface area contributed by atoms with Gasteiger partial charge in [0.25, 0.3) is 11.8 Å². The van der Waals surface area contributed by atoms with E-state index in [1.54, 1.807) is 12.1 Å². The lowest BCUT2D eigenvalue weighted by Gasteiger charge is -2.36. The van der Waals surface area contributed by atoms with E-state index in [0.29, 0.717) is 11.7 Å². The molecule has 2 fully saturated rings. The third-order valence-electron chi connectivity index (χ3n) is 6.12. The Hall–Kier alpha value is -2.76. The van der Waals surface area contributed by atoms with Crippen LogP contribution in [0.5, 0.6) is 0 Å². The number of benzene rings is 1. The van der Waals surface area contributed by atoms with Gasteiger partial charge in [-0.05, 0) is 55.9 Å². The van der Waals surface area contributed by atoms with Gasteiger partial charge in [0.05, 0.1) is 11.8 Å². The lowest BCUT2D eigenvalue weighted by Crippen LogP contribution is -2.45. The van der Waals surface area contributed by atoms with E-state index in [2.05, 4.69) is 17.1 Å². The summed E-state index contributed by atoms with van der Waals surface area (Å²) in [5, 5.41) is 3.05. The van der Waals surface area contributed by atoms with Gasteiger partial charge in [-0.3, -0.25) is 9.59 Å². The van der Waals surface area contributed by atoms with Gasteiger partial charge in [-0.25, -0.2) is 0 Å². The van der Waals surface area contributed by atoms with Crippen molar-refractivity contribution in [1.82, 2.24) is 10.2 Å². The summed E-state index contributed by atoms with van der Waals surface area (Å²) in [4.78, 5) is 29.6. The summed E-state index contributed by atoms with van der Waals surface area (Å²) in [5.74, 6) is 1.02. The van der Waals surface area contributed by atoms with E-state index in [4.69, 9.17) is 4.42 Å². The molecule has 2 aliphatic rings. The Morgan fingerprint density at radius 3 is 2.38 bits per heavy atom. The molecule has 6 heteroatoms. The Morgan fingerprint density at radius 1 is 0.966 bits per heavy atom. The fourth-order valence-corrected chi connectivity index (χ4v) is 4.24. The smallest absolute Gasteiger partial charge is 0.287 e. The van der Waals surface area contributed by atoms with Crippen LogP contribution in [0.2, 0.25) is 0 Å². The van der Waals surface area contributed by atoms with Crippen molar-refractivity contribution in [3.05, 3.63) is 54.0 Å². The highest BCUT2D eigenvalue weighted by molar-refractivity contribution is 6.00. The molecule has 1 aromatic carbocycles. The summed E-state index contributed by atoms with van der Waals surface area (Å²) in [6.07, 6.45) is 5.35. The summed E-state index contributed by atoms with van der Waals surface area (Å²) in [5.41, 5.74) is 1.80. The van der Waals surface area contributed by atoms with Gasteiger partial charge in [0.15, 0.2) is 5.76 Å². The van der Waals surface area contributed by atoms with Crippen LogP contribution in [0.1, 0.15) is 53.5 Å². The molecule has 1 aromatic heterocycles. The maximum Gasteiger partial charge on any atom is 0.287 e.